The lowest BCUT2D eigenvalue weighted by molar-refractivity contribution is -0.385. The van der Waals surface area contributed by atoms with Crippen LogP contribution in [0.4, 0.5) is 10.5 Å². The van der Waals surface area contributed by atoms with Crippen LogP contribution in [0.1, 0.15) is 25.3 Å². The van der Waals surface area contributed by atoms with Crippen molar-refractivity contribution in [1.29, 1.82) is 0 Å². The van der Waals surface area contributed by atoms with Gasteiger partial charge in [-0.05, 0) is 6.42 Å². The molecule has 114 valence electrons. The van der Waals surface area contributed by atoms with Gasteiger partial charge in [0, 0.05) is 11.6 Å². The number of hydrogen-bond donors (Lipinski definition) is 3. The van der Waals surface area contributed by atoms with Crippen molar-refractivity contribution in [2.75, 3.05) is 0 Å². The molecule has 0 aliphatic heterocycles. The minimum absolute atomic E-state index is 0.0541. The second-order valence-electron chi connectivity index (χ2n) is 4.39. The number of carboxylic acids is 1. The van der Waals surface area contributed by atoms with Crippen LogP contribution in [0.3, 0.4) is 0 Å². The van der Waals surface area contributed by atoms with E-state index in [4.69, 9.17) is 5.11 Å². The number of nitrogens with one attached hydrogen (secondary N) is 2. The summed E-state index contributed by atoms with van der Waals surface area (Å²) in [6, 6.07) is 4.38. The lowest BCUT2D eigenvalue weighted by Gasteiger charge is -2.14. The van der Waals surface area contributed by atoms with Gasteiger partial charge in [-0.1, -0.05) is 31.5 Å². The van der Waals surface area contributed by atoms with Crippen LogP contribution < -0.4 is 10.6 Å². The molecule has 0 saturated heterocycles. The van der Waals surface area contributed by atoms with Crippen molar-refractivity contribution in [3.63, 3.8) is 0 Å². The van der Waals surface area contributed by atoms with E-state index in [1.54, 1.807) is 6.07 Å². The normalized spacial score (nSPS) is 11.5. The van der Waals surface area contributed by atoms with Crippen molar-refractivity contribution in [3.05, 3.63) is 39.9 Å². The Morgan fingerprint density at radius 1 is 1.38 bits per heavy atom. The van der Waals surface area contributed by atoms with Crippen molar-refractivity contribution in [2.24, 2.45) is 0 Å². The maximum atomic E-state index is 11.6. The summed E-state index contributed by atoms with van der Waals surface area (Å²) in [6.07, 6.45) is 0.926. The SMILES string of the molecule is CCC[C@H](NC(=O)NCc1ccccc1[N+](=O)[O-])C(=O)O. The highest BCUT2D eigenvalue weighted by atomic mass is 16.6. The number of nitrogens with zero attached hydrogens (tertiary/aromatic N) is 1. The first-order valence-corrected chi connectivity index (χ1v) is 6.45. The van der Waals surface area contributed by atoms with Gasteiger partial charge in [0.05, 0.1) is 11.5 Å². The fourth-order valence-corrected chi connectivity index (χ4v) is 1.77. The van der Waals surface area contributed by atoms with Crippen LogP contribution in [0, 0.1) is 10.1 Å². The van der Waals surface area contributed by atoms with E-state index >= 15 is 0 Å². The zero-order valence-electron chi connectivity index (χ0n) is 11.5. The Kier molecular flexibility index (Phi) is 6.12. The first-order chi connectivity index (χ1) is 9.95. The quantitative estimate of drug-likeness (QED) is 0.521. The second-order valence-corrected chi connectivity index (χ2v) is 4.39. The third-order valence-corrected chi connectivity index (χ3v) is 2.81. The zero-order chi connectivity index (χ0) is 15.8. The van der Waals surface area contributed by atoms with Gasteiger partial charge < -0.3 is 15.7 Å². The van der Waals surface area contributed by atoms with Crippen LogP contribution in [0.15, 0.2) is 24.3 Å². The maximum absolute atomic E-state index is 11.6. The van der Waals surface area contributed by atoms with E-state index < -0.39 is 23.0 Å². The van der Waals surface area contributed by atoms with Gasteiger partial charge in [-0.2, -0.15) is 0 Å². The molecule has 0 heterocycles. The molecular weight excluding hydrogens is 278 g/mol. The molecule has 2 amide bonds. The number of carbonyl (C=O) groups is 2. The number of amides is 2. The molecule has 8 heteroatoms. The Labute approximate surface area is 121 Å². The van der Waals surface area contributed by atoms with Gasteiger partial charge >= 0.3 is 12.0 Å². The molecule has 1 aromatic rings. The third-order valence-electron chi connectivity index (χ3n) is 2.81. The summed E-state index contributed by atoms with van der Waals surface area (Å²) in [7, 11) is 0. The Morgan fingerprint density at radius 2 is 2.05 bits per heavy atom. The smallest absolute Gasteiger partial charge is 0.326 e. The number of rotatable bonds is 7. The number of nitro benzene ring substituents is 1. The summed E-state index contributed by atoms with van der Waals surface area (Å²) in [5, 5.41) is 24.5. The van der Waals surface area contributed by atoms with Crippen LogP contribution >= 0.6 is 0 Å². The topological polar surface area (TPSA) is 122 Å². The van der Waals surface area contributed by atoms with Crippen molar-refractivity contribution in [2.45, 2.75) is 32.4 Å². The Bertz CT molecular complexity index is 532. The standard InChI is InChI=1S/C13H17N3O5/c1-2-5-10(12(17)18)15-13(19)14-8-9-6-3-4-7-11(9)16(20)21/h3-4,6-7,10H,2,5,8H2,1H3,(H,17,18)(H2,14,15,19)/t10-/m0/s1. The van der Waals surface area contributed by atoms with E-state index in [0.29, 0.717) is 18.4 Å². The van der Waals surface area contributed by atoms with Gasteiger partial charge in [-0.15, -0.1) is 0 Å². The highest BCUT2D eigenvalue weighted by molar-refractivity contribution is 5.82. The molecule has 0 bridgehead atoms. The molecule has 8 nitrogen and oxygen atoms in total. The number of nitro groups is 1. The van der Waals surface area contributed by atoms with Crippen LogP contribution in [0.2, 0.25) is 0 Å². The predicted octanol–water partition coefficient (Wildman–Crippen LogP) is 1.65. The van der Waals surface area contributed by atoms with Crippen molar-refractivity contribution in [3.8, 4) is 0 Å². The number of aliphatic carboxylic acids is 1. The van der Waals surface area contributed by atoms with E-state index in [1.165, 1.54) is 18.2 Å². The van der Waals surface area contributed by atoms with Crippen molar-refractivity contribution >= 4 is 17.7 Å². The average Bonchev–Trinajstić information content (AvgIpc) is 2.44. The highest BCUT2D eigenvalue weighted by Crippen LogP contribution is 2.16. The molecule has 0 aromatic heterocycles. The number of carboxylic acid groups (broad SMARTS) is 1. The minimum Gasteiger partial charge on any atom is -0.480 e. The fourth-order valence-electron chi connectivity index (χ4n) is 1.77. The van der Waals surface area contributed by atoms with Gasteiger partial charge in [-0.3, -0.25) is 10.1 Å². The molecule has 0 saturated carbocycles. The molecular formula is C13H17N3O5. The summed E-state index contributed by atoms with van der Waals surface area (Å²) in [6.45, 7) is 1.75. The molecule has 0 spiro atoms. The Morgan fingerprint density at radius 3 is 2.62 bits per heavy atom. The molecule has 1 atom stereocenters. The summed E-state index contributed by atoms with van der Waals surface area (Å²) in [5.74, 6) is -1.11. The molecule has 0 aliphatic rings. The summed E-state index contributed by atoms with van der Waals surface area (Å²) >= 11 is 0. The van der Waals surface area contributed by atoms with Gasteiger partial charge in [0.15, 0.2) is 0 Å². The molecule has 21 heavy (non-hydrogen) atoms. The van der Waals surface area contributed by atoms with E-state index in [1.807, 2.05) is 6.92 Å². The molecule has 1 rings (SSSR count). The van der Waals surface area contributed by atoms with Crippen LogP contribution in [0.5, 0.6) is 0 Å². The molecule has 0 unspecified atom stereocenters. The second kappa shape index (κ2) is 7.83. The Hall–Kier alpha value is -2.64. The van der Waals surface area contributed by atoms with E-state index in [0.717, 1.165) is 0 Å². The zero-order valence-corrected chi connectivity index (χ0v) is 11.5. The van der Waals surface area contributed by atoms with Gasteiger partial charge in [-0.25, -0.2) is 9.59 Å². The van der Waals surface area contributed by atoms with Gasteiger partial charge in [0.1, 0.15) is 6.04 Å². The minimum atomic E-state index is -1.11. The highest BCUT2D eigenvalue weighted by Gasteiger charge is 2.19. The largest absolute Gasteiger partial charge is 0.480 e. The van der Waals surface area contributed by atoms with Gasteiger partial charge in [0.2, 0.25) is 0 Å². The van der Waals surface area contributed by atoms with Crippen LogP contribution in [-0.2, 0) is 11.3 Å². The maximum Gasteiger partial charge on any atom is 0.326 e. The lowest BCUT2D eigenvalue weighted by Crippen LogP contribution is -2.45. The van der Waals surface area contributed by atoms with Gasteiger partial charge in [0.25, 0.3) is 5.69 Å². The van der Waals surface area contributed by atoms with Crippen molar-refractivity contribution < 1.29 is 19.6 Å². The van der Waals surface area contributed by atoms with E-state index in [-0.39, 0.29) is 12.2 Å². The summed E-state index contributed by atoms with van der Waals surface area (Å²) in [4.78, 5) is 32.8. The first kappa shape index (κ1) is 16.4. The van der Waals surface area contributed by atoms with E-state index in [9.17, 15) is 19.7 Å². The first-order valence-electron chi connectivity index (χ1n) is 6.45. The number of urea groups is 1. The van der Waals surface area contributed by atoms with Crippen LogP contribution in [0.25, 0.3) is 0 Å². The van der Waals surface area contributed by atoms with E-state index in [2.05, 4.69) is 10.6 Å². The molecule has 0 fully saturated rings. The summed E-state index contributed by atoms with van der Waals surface area (Å²) < 4.78 is 0. The van der Waals surface area contributed by atoms with Crippen LogP contribution in [-0.4, -0.2) is 28.1 Å². The molecule has 1 aromatic carbocycles. The summed E-state index contributed by atoms with van der Waals surface area (Å²) in [5.41, 5.74) is 0.251. The lowest BCUT2D eigenvalue weighted by atomic mass is 10.1. The number of carbonyl (C=O) groups excluding carboxylic acids is 1. The number of para-hydroxylation sites is 1. The molecule has 0 radical (unpaired) electrons. The predicted molar refractivity (Wildman–Crippen MR) is 74.8 cm³/mol. The number of benzene rings is 1. The average molecular weight is 295 g/mol. The van der Waals surface area contributed by atoms with Crippen molar-refractivity contribution in [1.82, 2.24) is 10.6 Å². The third kappa shape index (κ3) is 5.09. The monoisotopic (exact) mass is 295 g/mol. The molecule has 0 aliphatic carbocycles. The molecule has 3 N–H and O–H groups in total. The number of hydrogen-bond acceptors (Lipinski definition) is 4. The fraction of sp³-hybridized carbons (Fsp3) is 0.385. The Balaban J connectivity index is 2.61.